The van der Waals surface area contributed by atoms with E-state index in [1.807, 2.05) is 20.8 Å². The van der Waals surface area contributed by atoms with Gasteiger partial charge in [0.05, 0.1) is 19.0 Å². The molecule has 0 aliphatic heterocycles. The number of methoxy groups -OCH3 is 1. The van der Waals surface area contributed by atoms with E-state index in [1.54, 1.807) is 7.11 Å². The van der Waals surface area contributed by atoms with Crippen LogP contribution in [0.25, 0.3) is 0 Å². The van der Waals surface area contributed by atoms with Crippen molar-refractivity contribution in [3.05, 3.63) is 16.9 Å². The molecule has 0 bridgehead atoms. The van der Waals surface area contributed by atoms with Crippen LogP contribution in [0.2, 0.25) is 5.02 Å². The smallest absolute Gasteiger partial charge is 0.159 e. The van der Waals surface area contributed by atoms with E-state index in [-0.39, 0.29) is 5.41 Å². The molecule has 13 heavy (non-hydrogen) atoms. The number of nitrogens with zero attached hydrogens (tertiary/aromatic N) is 2. The minimum atomic E-state index is -0.112. The fraction of sp³-hybridized carbons (Fsp3) is 0.556. The van der Waals surface area contributed by atoms with E-state index in [1.165, 1.54) is 6.20 Å². The Bertz CT molecular complexity index is 307. The average molecular weight is 201 g/mol. The van der Waals surface area contributed by atoms with Gasteiger partial charge in [0, 0.05) is 5.41 Å². The van der Waals surface area contributed by atoms with Gasteiger partial charge in [-0.15, -0.1) is 0 Å². The molecule has 0 aliphatic rings. The maximum Gasteiger partial charge on any atom is 0.159 e. The first-order chi connectivity index (χ1) is 5.96. The lowest BCUT2D eigenvalue weighted by Crippen LogP contribution is -2.15. The first-order valence-corrected chi connectivity index (χ1v) is 4.40. The molecule has 0 spiro atoms. The number of halogens is 1. The van der Waals surface area contributed by atoms with Crippen LogP contribution in [0.4, 0.5) is 0 Å². The van der Waals surface area contributed by atoms with Gasteiger partial charge in [-0.05, 0) is 0 Å². The standard InChI is InChI=1S/C9H13ClN2O/c1-9(2,3)8-7(10)6(13-4)5-11-12-8/h5H,1-4H3. The lowest BCUT2D eigenvalue weighted by molar-refractivity contribution is 0.408. The molecule has 0 unspecified atom stereocenters. The van der Waals surface area contributed by atoms with Crippen molar-refractivity contribution in [1.82, 2.24) is 10.2 Å². The number of rotatable bonds is 1. The Labute approximate surface area is 83.1 Å². The van der Waals surface area contributed by atoms with Crippen molar-refractivity contribution in [2.75, 3.05) is 7.11 Å². The van der Waals surface area contributed by atoms with Gasteiger partial charge in [0.2, 0.25) is 0 Å². The molecular formula is C9H13ClN2O. The van der Waals surface area contributed by atoms with Gasteiger partial charge in [-0.1, -0.05) is 32.4 Å². The van der Waals surface area contributed by atoms with Crippen LogP contribution in [0.15, 0.2) is 6.20 Å². The monoisotopic (exact) mass is 200 g/mol. The fourth-order valence-electron chi connectivity index (χ4n) is 0.978. The summed E-state index contributed by atoms with van der Waals surface area (Å²) in [6.07, 6.45) is 1.51. The third-order valence-corrected chi connectivity index (χ3v) is 2.05. The molecule has 1 heterocycles. The highest BCUT2D eigenvalue weighted by molar-refractivity contribution is 6.32. The zero-order valence-electron chi connectivity index (χ0n) is 8.26. The third-order valence-electron chi connectivity index (χ3n) is 1.69. The van der Waals surface area contributed by atoms with Crippen molar-refractivity contribution in [3.63, 3.8) is 0 Å². The molecule has 0 radical (unpaired) electrons. The Morgan fingerprint density at radius 3 is 2.46 bits per heavy atom. The zero-order valence-corrected chi connectivity index (χ0v) is 9.01. The molecule has 72 valence electrons. The average Bonchev–Trinajstić information content (AvgIpc) is 2.02. The van der Waals surface area contributed by atoms with Crippen molar-refractivity contribution in [3.8, 4) is 5.75 Å². The topological polar surface area (TPSA) is 35.0 Å². The van der Waals surface area contributed by atoms with Crippen LogP contribution >= 0.6 is 11.6 Å². The van der Waals surface area contributed by atoms with Gasteiger partial charge in [0.25, 0.3) is 0 Å². The summed E-state index contributed by atoms with van der Waals surface area (Å²) < 4.78 is 5.05. The van der Waals surface area contributed by atoms with Gasteiger partial charge in [-0.3, -0.25) is 0 Å². The predicted molar refractivity (Wildman–Crippen MR) is 52.3 cm³/mol. The molecule has 0 N–H and O–H groups in total. The predicted octanol–water partition coefficient (Wildman–Crippen LogP) is 2.44. The van der Waals surface area contributed by atoms with E-state index in [2.05, 4.69) is 10.2 Å². The van der Waals surface area contributed by atoms with Crippen molar-refractivity contribution >= 4 is 11.6 Å². The second-order valence-corrected chi connectivity index (χ2v) is 4.20. The maximum atomic E-state index is 6.07. The highest BCUT2D eigenvalue weighted by atomic mass is 35.5. The normalized spacial score (nSPS) is 11.5. The molecule has 0 aliphatic carbocycles. The maximum absolute atomic E-state index is 6.07. The van der Waals surface area contributed by atoms with Crippen LogP contribution in [0, 0.1) is 0 Å². The molecule has 1 aromatic heterocycles. The summed E-state index contributed by atoms with van der Waals surface area (Å²) in [5.41, 5.74) is 0.645. The Kier molecular flexibility index (Phi) is 2.76. The Morgan fingerprint density at radius 2 is 2.00 bits per heavy atom. The van der Waals surface area contributed by atoms with E-state index in [9.17, 15) is 0 Å². The van der Waals surface area contributed by atoms with Gasteiger partial charge in [-0.25, -0.2) is 0 Å². The summed E-state index contributed by atoms with van der Waals surface area (Å²) in [5, 5.41) is 8.37. The van der Waals surface area contributed by atoms with E-state index in [0.717, 1.165) is 5.69 Å². The second kappa shape index (κ2) is 3.50. The first kappa shape index (κ1) is 10.3. The van der Waals surface area contributed by atoms with Crippen LogP contribution in [-0.2, 0) is 5.41 Å². The molecule has 4 heteroatoms. The minimum Gasteiger partial charge on any atom is -0.493 e. The van der Waals surface area contributed by atoms with Crippen LogP contribution in [0.1, 0.15) is 26.5 Å². The summed E-state index contributed by atoms with van der Waals surface area (Å²) in [6, 6.07) is 0. The quantitative estimate of drug-likeness (QED) is 0.699. The largest absolute Gasteiger partial charge is 0.493 e. The molecule has 0 fully saturated rings. The number of hydrogen-bond acceptors (Lipinski definition) is 3. The lowest BCUT2D eigenvalue weighted by Gasteiger charge is -2.18. The zero-order chi connectivity index (χ0) is 10.1. The van der Waals surface area contributed by atoms with E-state index in [4.69, 9.17) is 16.3 Å². The Morgan fingerprint density at radius 1 is 1.38 bits per heavy atom. The van der Waals surface area contributed by atoms with Crippen LogP contribution in [0.3, 0.4) is 0 Å². The van der Waals surface area contributed by atoms with E-state index < -0.39 is 0 Å². The summed E-state index contributed by atoms with van der Waals surface area (Å²) in [7, 11) is 1.56. The fourth-order valence-corrected chi connectivity index (χ4v) is 1.43. The molecule has 1 aromatic rings. The van der Waals surface area contributed by atoms with Crippen molar-refractivity contribution in [2.45, 2.75) is 26.2 Å². The second-order valence-electron chi connectivity index (χ2n) is 3.83. The first-order valence-electron chi connectivity index (χ1n) is 4.02. The van der Waals surface area contributed by atoms with Crippen molar-refractivity contribution < 1.29 is 4.74 Å². The molecule has 0 amide bonds. The minimum absolute atomic E-state index is 0.112. The van der Waals surface area contributed by atoms with E-state index in [0.29, 0.717) is 10.8 Å². The number of ether oxygens (including phenoxy) is 1. The molecule has 0 aromatic carbocycles. The molecule has 0 atom stereocenters. The lowest BCUT2D eigenvalue weighted by atomic mass is 9.92. The van der Waals surface area contributed by atoms with Gasteiger partial charge in [0.1, 0.15) is 5.02 Å². The molecule has 0 saturated heterocycles. The van der Waals surface area contributed by atoms with Crippen molar-refractivity contribution in [1.29, 1.82) is 0 Å². The summed E-state index contributed by atoms with van der Waals surface area (Å²) in [4.78, 5) is 0. The van der Waals surface area contributed by atoms with Crippen LogP contribution < -0.4 is 4.74 Å². The highest BCUT2D eigenvalue weighted by Crippen LogP contribution is 2.32. The van der Waals surface area contributed by atoms with Gasteiger partial charge in [-0.2, -0.15) is 10.2 Å². The SMILES string of the molecule is COc1cnnc(C(C)(C)C)c1Cl. The van der Waals surface area contributed by atoms with Crippen molar-refractivity contribution in [2.24, 2.45) is 0 Å². The van der Waals surface area contributed by atoms with Crippen LogP contribution in [0.5, 0.6) is 5.75 Å². The van der Waals surface area contributed by atoms with Crippen LogP contribution in [-0.4, -0.2) is 17.3 Å². The Balaban J connectivity index is 3.24. The van der Waals surface area contributed by atoms with Gasteiger partial charge < -0.3 is 4.74 Å². The third kappa shape index (κ3) is 2.10. The number of hydrogen-bond donors (Lipinski definition) is 0. The highest BCUT2D eigenvalue weighted by Gasteiger charge is 2.21. The molecule has 1 rings (SSSR count). The molecular weight excluding hydrogens is 188 g/mol. The molecule has 3 nitrogen and oxygen atoms in total. The summed E-state index contributed by atoms with van der Waals surface area (Å²) in [5.74, 6) is 0.571. The molecule has 0 saturated carbocycles. The van der Waals surface area contributed by atoms with Gasteiger partial charge in [0.15, 0.2) is 5.75 Å². The number of aromatic nitrogens is 2. The summed E-state index contributed by atoms with van der Waals surface area (Å²) in [6.45, 7) is 6.09. The summed E-state index contributed by atoms with van der Waals surface area (Å²) >= 11 is 6.07. The van der Waals surface area contributed by atoms with E-state index >= 15 is 0 Å². The Hall–Kier alpha value is -0.830. The van der Waals surface area contributed by atoms with Gasteiger partial charge >= 0.3 is 0 Å².